The first-order valence-electron chi connectivity index (χ1n) is 23.2. The van der Waals surface area contributed by atoms with Gasteiger partial charge in [0.15, 0.2) is 29.0 Å². The van der Waals surface area contributed by atoms with Crippen molar-refractivity contribution < 1.29 is 4.74 Å². The van der Waals surface area contributed by atoms with Gasteiger partial charge in [0.2, 0.25) is 0 Å². The number of anilines is 3. The van der Waals surface area contributed by atoms with E-state index < -0.39 is 5.41 Å². The maximum absolute atomic E-state index is 7.15. The van der Waals surface area contributed by atoms with Gasteiger partial charge in [0.25, 0.3) is 0 Å². The molecule has 14 rings (SSSR count). The van der Waals surface area contributed by atoms with E-state index in [0.717, 1.165) is 106 Å². The highest BCUT2D eigenvalue weighted by Crippen LogP contribution is 2.66. The highest BCUT2D eigenvalue weighted by atomic mass is 32.2. The van der Waals surface area contributed by atoms with Crippen LogP contribution in [0.5, 0.6) is 11.5 Å². The van der Waals surface area contributed by atoms with Gasteiger partial charge in [0.05, 0.1) is 44.5 Å². The summed E-state index contributed by atoms with van der Waals surface area (Å²) in [6.45, 7) is 0. The second kappa shape index (κ2) is 16.0. The van der Waals surface area contributed by atoms with E-state index in [1.54, 1.807) is 11.8 Å². The van der Waals surface area contributed by atoms with E-state index in [1.807, 2.05) is 104 Å². The summed E-state index contributed by atoms with van der Waals surface area (Å²) in [6.07, 6.45) is 5.57. The molecule has 0 N–H and O–H groups in total. The summed E-state index contributed by atoms with van der Waals surface area (Å²) in [6, 6.07) is 71.3. The molecule has 6 heterocycles. The number of aromatic nitrogens is 6. The second-order valence-corrected chi connectivity index (χ2v) is 18.4. The maximum Gasteiger partial charge on any atom is 0.165 e. The lowest BCUT2D eigenvalue weighted by Gasteiger charge is -2.42. The van der Waals surface area contributed by atoms with E-state index in [-0.39, 0.29) is 0 Å². The predicted octanol–water partition coefficient (Wildman–Crippen LogP) is 14.8. The summed E-state index contributed by atoms with van der Waals surface area (Å²) >= 11 is 1.76. The Hall–Kier alpha value is -9.05. The predicted molar refractivity (Wildman–Crippen MR) is 277 cm³/mol. The van der Waals surface area contributed by atoms with Gasteiger partial charge in [0, 0.05) is 51.3 Å². The Morgan fingerprint density at radius 3 is 1.80 bits per heavy atom. The van der Waals surface area contributed by atoms with Crippen molar-refractivity contribution in [2.24, 2.45) is 0 Å². The molecule has 1 spiro atoms. The highest BCUT2D eigenvalue weighted by Gasteiger charge is 2.53. The quantitative estimate of drug-likeness (QED) is 0.162. The summed E-state index contributed by atoms with van der Waals surface area (Å²) in [5, 5.41) is 0. The molecule has 4 aromatic heterocycles. The van der Waals surface area contributed by atoms with Gasteiger partial charge in [-0.25, -0.2) is 19.9 Å². The molecule has 11 aromatic rings. The Labute approximate surface area is 408 Å². The number of ether oxygens (including phenoxy) is 1. The van der Waals surface area contributed by atoms with Crippen LogP contribution in [0, 0.1) is 0 Å². The Morgan fingerprint density at radius 1 is 0.400 bits per heavy atom. The smallest absolute Gasteiger partial charge is 0.165 e. The molecule has 0 bridgehead atoms. The third-order valence-corrected chi connectivity index (χ3v) is 14.8. The summed E-state index contributed by atoms with van der Waals surface area (Å²) in [5.74, 6) is 3.36. The Kier molecular flexibility index (Phi) is 9.18. The molecule has 70 heavy (non-hydrogen) atoms. The SMILES string of the molecule is c1ccc(-c2nc(-c3ccccc3)nc(-c3ccccc3-c3ccc4c(n3)-c3ncccc3C43c4ccccc4Sc4c3ccc3c4Oc4ccccc4N3c3ccccc3-c3ccncc3)n2)cc1. The number of benzene rings is 7. The number of para-hydroxylation sites is 3. The number of nitrogens with zero attached hydrogens (tertiary/aromatic N) is 7. The van der Waals surface area contributed by atoms with Crippen LogP contribution in [0.1, 0.15) is 22.3 Å². The molecular weight excluding hydrogens is 879 g/mol. The molecule has 1 atom stereocenters. The molecule has 3 aliphatic rings. The van der Waals surface area contributed by atoms with Crippen molar-refractivity contribution in [3.63, 3.8) is 0 Å². The minimum absolute atomic E-state index is 0.566. The summed E-state index contributed by atoms with van der Waals surface area (Å²) in [5.41, 5.74) is 14.9. The molecular formula is C61H37N7OS. The van der Waals surface area contributed by atoms with Gasteiger partial charge in [-0.05, 0) is 82.4 Å². The fraction of sp³-hybridized carbons (Fsp3) is 0.0164. The van der Waals surface area contributed by atoms with Crippen LogP contribution in [-0.4, -0.2) is 29.9 Å². The molecule has 0 saturated heterocycles. The number of rotatable bonds is 6. The third kappa shape index (κ3) is 6.11. The Morgan fingerprint density at radius 2 is 1.01 bits per heavy atom. The van der Waals surface area contributed by atoms with Crippen molar-refractivity contribution in [3.05, 3.63) is 247 Å². The van der Waals surface area contributed by atoms with Gasteiger partial charge < -0.3 is 9.64 Å². The van der Waals surface area contributed by atoms with Gasteiger partial charge in [-0.3, -0.25) is 9.97 Å². The zero-order chi connectivity index (χ0) is 46.2. The molecule has 1 unspecified atom stereocenters. The average molecular weight is 916 g/mol. The van der Waals surface area contributed by atoms with Crippen LogP contribution in [0.2, 0.25) is 0 Å². The minimum atomic E-state index is -0.764. The van der Waals surface area contributed by atoms with Crippen LogP contribution >= 0.6 is 11.8 Å². The van der Waals surface area contributed by atoms with Gasteiger partial charge in [0.1, 0.15) is 0 Å². The van der Waals surface area contributed by atoms with E-state index in [1.165, 1.54) is 5.56 Å². The first kappa shape index (κ1) is 40.1. The van der Waals surface area contributed by atoms with Crippen LogP contribution in [-0.2, 0) is 5.41 Å². The zero-order valence-electron chi connectivity index (χ0n) is 37.3. The molecule has 9 heteroatoms. The van der Waals surface area contributed by atoms with Crippen LogP contribution in [0.15, 0.2) is 235 Å². The van der Waals surface area contributed by atoms with Crippen molar-refractivity contribution in [1.82, 2.24) is 29.9 Å². The molecule has 0 radical (unpaired) electrons. The Bertz CT molecular complexity index is 3810. The van der Waals surface area contributed by atoms with Crippen molar-refractivity contribution >= 4 is 28.8 Å². The van der Waals surface area contributed by atoms with Crippen molar-refractivity contribution in [1.29, 1.82) is 0 Å². The molecule has 8 nitrogen and oxygen atoms in total. The molecule has 328 valence electrons. The van der Waals surface area contributed by atoms with Crippen molar-refractivity contribution in [3.8, 4) is 79.4 Å². The second-order valence-electron chi connectivity index (χ2n) is 17.4. The standard InChI is InChI=1S/C61H37N7OS/c1-3-16-39(17-4-1)58-65-59(40-18-5-2-6-19-40)67-60(66-58)43-22-8-7-21-42(43)48-31-29-46-55(64-48)54-45(24-15-35-63-54)61(46)44-23-10-14-28-53(44)70-57-47(61)30-32-51-56(57)69-52-27-13-12-26-50(52)68(51)49-25-11-9-20-41(49)38-33-36-62-37-34-38/h1-37H. The largest absolute Gasteiger partial charge is 0.452 e. The van der Waals surface area contributed by atoms with Gasteiger partial charge in [-0.2, -0.15) is 0 Å². The van der Waals surface area contributed by atoms with Gasteiger partial charge in [-0.1, -0.05) is 163 Å². The lowest BCUT2D eigenvalue weighted by molar-refractivity contribution is 0.461. The van der Waals surface area contributed by atoms with Crippen LogP contribution in [0.25, 0.3) is 67.9 Å². The number of hydrogen-bond donors (Lipinski definition) is 0. The fourth-order valence-corrected chi connectivity index (χ4v) is 11.8. The van der Waals surface area contributed by atoms with Gasteiger partial charge >= 0.3 is 0 Å². The normalized spacial score (nSPS) is 14.7. The van der Waals surface area contributed by atoms with Crippen LogP contribution < -0.4 is 9.64 Å². The molecule has 7 aromatic carbocycles. The first-order valence-corrected chi connectivity index (χ1v) is 24.0. The average Bonchev–Trinajstić information content (AvgIpc) is 3.73. The van der Waals surface area contributed by atoms with E-state index in [0.29, 0.717) is 17.5 Å². The molecule has 0 fully saturated rings. The van der Waals surface area contributed by atoms with E-state index in [4.69, 9.17) is 29.7 Å². The van der Waals surface area contributed by atoms with Crippen molar-refractivity contribution in [2.45, 2.75) is 15.2 Å². The lowest BCUT2D eigenvalue weighted by atomic mass is 9.67. The molecule has 2 aliphatic heterocycles. The van der Waals surface area contributed by atoms with Crippen LogP contribution in [0.4, 0.5) is 17.1 Å². The van der Waals surface area contributed by atoms with E-state index >= 15 is 0 Å². The monoisotopic (exact) mass is 915 g/mol. The fourth-order valence-electron chi connectivity index (χ4n) is 10.6. The lowest BCUT2D eigenvalue weighted by Crippen LogP contribution is -2.32. The first-order chi connectivity index (χ1) is 34.7. The van der Waals surface area contributed by atoms with E-state index in [9.17, 15) is 0 Å². The molecule has 0 amide bonds. The minimum Gasteiger partial charge on any atom is -0.452 e. The topological polar surface area (TPSA) is 89.8 Å². The van der Waals surface area contributed by atoms with Gasteiger partial charge in [-0.15, -0.1) is 0 Å². The van der Waals surface area contributed by atoms with Crippen molar-refractivity contribution in [2.75, 3.05) is 4.90 Å². The maximum atomic E-state index is 7.15. The highest BCUT2D eigenvalue weighted by molar-refractivity contribution is 7.99. The van der Waals surface area contributed by atoms with E-state index in [2.05, 4.69) is 131 Å². The Balaban J connectivity index is 0.966. The number of fused-ring (bicyclic) bond motifs is 12. The molecule has 0 saturated carbocycles. The summed E-state index contributed by atoms with van der Waals surface area (Å²) < 4.78 is 7.15. The molecule has 1 aliphatic carbocycles. The summed E-state index contributed by atoms with van der Waals surface area (Å²) in [7, 11) is 0. The zero-order valence-corrected chi connectivity index (χ0v) is 38.1. The third-order valence-electron chi connectivity index (χ3n) is 13.6. The summed E-state index contributed by atoms with van der Waals surface area (Å²) in [4.78, 5) is 34.9. The number of hydrogen-bond acceptors (Lipinski definition) is 9. The van der Waals surface area contributed by atoms with Crippen LogP contribution in [0.3, 0.4) is 0 Å². The number of pyridine rings is 3.